The summed E-state index contributed by atoms with van der Waals surface area (Å²) in [6.45, 7) is 5.21. The smallest absolute Gasteiger partial charge is 0.318 e. The van der Waals surface area contributed by atoms with Crippen LogP contribution in [0.15, 0.2) is 28.7 Å². The van der Waals surface area contributed by atoms with Gasteiger partial charge in [0, 0.05) is 13.0 Å². The fraction of sp³-hybridized carbons (Fsp3) is 0.467. The van der Waals surface area contributed by atoms with E-state index in [1.54, 1.807) is 0 Å². The summed E-state index contributed by atoms with van der Waals surface area (Å²) in [5, 5.41) is 18.9. The molecule has 5 heteroatoms. The zero-order chi connectivity index (χ0) is 14.2. The molecule has 0 bridgehead atoms. The van der Waals surface area contributed by atoms with E-state index >= 15 is 0 Å². The first-order chi connectivity index (χ1) is 9.62. The highest BCUT2D eigenvalue weighted by atomic mass is 16.4. The molecule has 0 amide bonds. The highest BCUT2D eigenvalue weighted by Crippen LogP contribution is 2.35. The predicted octanol–water partition coefficient (Wildman–Crippen LogP) is 2.04. The van der Waals surface area contributed by atoms with Crippen LogP contribution in [0.4, 0.5) is 6.01 Å². The molecule has 1 aliphatic heterocycles. The fourth-order valence-electron chi connectivity index (χ4n) is 2.79. The van der Waals surface area contributed by atoms with Crippen LogP contribution in [0.2, 0.25) is 0 Å². The summed E-state index contributed by atoms with van der Waals surface area (Å²) in [5.74, 6) is 0.631. The lowest BCUT2D eigenvalue weighted by molar-refractivity contribution is 0.0597. The van der Waals surface area contributed by atoms with Gasteiger partial charge >= 0.3 is 6.01 Å². The van der Waals surface area contributed by atoms with E-state index in [0.717, 1.165) is 24.1 Å². The van der Waals surface area contributed by atoms with Crippen molar-refractivity contribution < 1.29 is 9.52 Å². The molecule has 3 rings (SSSR count). The second-order valence-corrected chi connectivity index (χ2v) is 5.35. The van der Waals surface area contributed by atoms with Gasteiger partial charge in [0.2, 0.25) is 5.89 Å². The summed E-state index contributed by atoms with van der Waals surface area (Å²) < 4.78 is 5.57. The molecule has 2 aromatic rings. The van der Waals surface area contributed by atoms with Crippen molar-refractivity contribution in [2.45, 2.75) is 32.3 Å². The third kappa shape index (κ3) is 2.18. The first kappa shape index (κ1) is 13.1. The number of hydrogen-bond donors (Lipinski definition) is 1. The van der Waals surface area contributed by atoms with Gasteiger partial charge in [-0.05, 0) is 24.5 Å². The maximum absolute atomic E-state index is 10.9. The van der Waals surface area contributed by atoms with Gasteiger partial charge in [0.1, 0.15) is 5.60 Å². The monoisotopic (exact) mass is 273 g/mol. The van der Waals surface area contributed by atoms with Crippen molar-refractivity contribution in [3.05, 3.63) is 41.3 Å². The van der Waals surface area contributed by atoms with E-state index in [1.165, 1.54) is 0 Å². The molecular weight excluding hydrogens is 254 g/mol. The Balaban J connectivity index is 1.83. The molecule has 1 aromatic heterocycles. The van der Waals surface area contributed by atoms with Crippen LogP contribution in [0, 0.1) is 6.92 Å². The Labute approximate surface area is 118 Å². The van der Waals surface area contributed by atoms with E-state index in [4.69, 9.17) is 4.42 Å². The number of hydrogen-bond acceptors (Lipinski definition) is 5. The van der Waals surface area contributed by atoms with Crippen LogP contribution in [0.3, 0.4) is 0 Å². The van der Waals surface area contributed by atoms with Gasteiger partial charge in [0.05, 0.1) is 6.54 Å². The van der Waals surface area contributed by atoms with E-state index in [2.05, 4.69) is 10.2 Å². The average Bonchev–Trinajstić information content (AvgIpc) is 3.06. The molecule has 20 heavy (non-hydrogen) atoms. The summed E-state index contributed by atoms with van der Waals surface area (Å²) >= 11 is 0. The molecule has 0 saturated carbocycles. The lowest BCUT2D eigenvalue weighted by Gasteiger charge is -2.25. The van der Waals surface area contributed by atoms with Crippen LogP contribution in [-0.4, -0.2) is 28.4 Å². The molecule has 0 spiro atoms. The van der Waals surface area contributed by atoms with Crippen LogP contribution < -0.4 is 4.90 Å². The second kappa shape index (κ2) is 4.90. The summed E-state index contributed by atoms with van der Waals surface area (Å²) in [5.41, 5.74) is 1.25. The Morgan fingerprint density at radius 3 is 2.85 bits per heavy atom. The largest absolute Gasteiger partial charge is 0.408 e. The minimum atomic E-state index is -0.841. The van der Waals surface area contributed by atoms with Crippen LogP contribution in [0.1, 0.15) is 30.4 Å². The summed E-state index contributed by atoms with van der Waals surface area (Å²) in [6.07, 6.45) is 1.39. The minimum absolute atomic E-state index is 0.489. The number of aryl methyl sites for hydroxylation is 2. The minimum Gasteiger partial charge on any atom is -0.408 e. The molecule has 1 saturated heterocycles. The molecule has 0 unspecified atom stereocenters. The lowest BCUT2D eigenvalue weighted by atomic mass is 9.89. The van der Waals surface area contributed by atoms with Gasteiger partial charge in [0.15, 0.2) is 0 Å². The van der Waals surface area contributed by atoms with Crippen LogP contribution in [0.25, 0.3) is 0 Å². The zero-order valence-electron chi connectivity index (χ0n) is 11.8. The first-order valence-corrected chi connectivity index (χ1v) is 6.98. The van der Waals surface area contributed by atoms with Gasteiger partial charge < -0.3 is 14.4 Å². The third-order valence-corrected chi connectivity index (χ3v) is 3.92. The molecule has 1 aromatic carbocycles. The Morgan fingerprint density at radius 2 is 2.15 bits per heavy atom. The lowest BCUT2D eigenvalue weighted by Crippen LogP contribution is -2.31. The maximum atomic E-state index is 10.9. The molecule has 1 atom stereocenters. The molecule has 1 aliphatic rings. The van der Waals surface area contributed by atoms with E-state index in [9.17, 15) is 5.11 Å². The third-order valence-electron chi connectivity index (χ3n) is 3.92. The highest BCUT2D eigenvalue weighted by molar-refractivity contribution is 5.38. The van der Waals surface area contributed by atoms with Crippen LogP contribution >= 0.6 is 0 Å². The van der Waals surface area contributed by atoms with Gasteiger partial charge in [-0.25, -0.2) is 0 Å². The molecule has 106 valence electrons. The van der Waals surface area contributed by atoms with Crippen molar-refractivity contribution in [3.8, 4) is 0 Å². The van der Waals surface area contributed by atoms with Gasteiger partial charge in [-0.3, -0.25) is 0 Å². The number of benzene rings is 1. The van der Waals surface area contributed by atoms with Crippen molar-refractivity contribution in [3.63, 3.8) is 0 Å². The topological polar surface area (TPSA) is 62.4 Å². The normalized spacial score (nSPS) is 22.4. The van der Waals surface area contributed by atoms with Crippen molar-refractivity contribution in [2.24, 2.45) is 0 Å². The standard InChI is InChI=1S/C15H19N3O2/c1-3-13-16-17-14(20-13)18-9-8-15(19,10-18)12-7-5-4-6-11(12)2/h4-7,19H,3,8-10H2,1-2H3/t15-/m0/s1. The van der Waals surface area contributed by atoms with E-state index in [1.807, 2.05) is 43.0 Å². The summed E-state index contributed by atoms with van der Waals surface area (Å²) in [7, 11) is 0. The highest BCUT2D eigenvalue weighted by Gasteiger charge is 2.40. The average molecular weight is 273 g/mol. The Hall–Kier alpha value is -1.88. The Bertz CT molecular complexity index is 611. The summed E-state index contributed by atoms with van der Waals surface area (Å²) in [6, 6.07) is 8.47. The second-order valence-electron chi connectivity index (χ2n) is 5.35. The number of aliphatic hydroxyl groups is 1. The molecule has 0 radical (unpaired) electrons. The Kier molecular flexibility index (Phi) is 3.22. The van der Waals surface area contributed by atoms with Crippen molar-refractivity contribution >= 4 is 6.01 Å². The maximum Gasteiger partial charge on any atom is 0.318 e. The van der Waals surface area contributed by atoms with E-state index in [0.29, 0.717) is 24.9 Å². The van der Waals surface area contributed by atoms with Gasteiger partial charge in [0.25, 0.3) is 0 Å². The quantitative estimate of drug-likeness (QED) is 0.927. The molecule has 1 fully saturated rings. The van der Waals surface area contributed by atoms with E-state index < -0.39 is 5.60 Å². The van der Waals surface area contributed by atoms with Crippen LogP contribution in [-0.2, 0) is 12.0 Å². The fourth-order valence-corrected chi connectivity index (χ4v) is 2.79. The number of rotatable bonds is 3. The molecule has 5 nitrogen and oxygen atoms in total. The molecule has 0 aliphatic carbocycles. The van der Waals surface area contributed by atoms with Gasteiger partial charge in [-0.2, -0.15) is 0 Å². The SMILES string of the molecule is CCc1nnc(N2CC[C@@](O)(c3ccccc3C)C2)o1. The zero-order valence-corrected chi connectivity index (χ0v) is 11.8. The first-order valence-electron chi connectivity index (χ1n) is 6.98. The predicted molar refractivity (Wildman–Crippen MR) is 75.6 cm³/mol. The van der Waals surface area contributed by atoms with Crippen molar-refractivity contribution in [1.29, 1.82) is 0 Å². The Morgan fingerprint density at radius 1 is 1.35 bits per heavy atom. The van der Waals surface area contributed by atoms with Crippen molar-refractivity contribution in [2.75, 3.05) is 18.0 Å². The number of nitrogens with zero attached hydrogens (tertiary/aromatic N) is 3. The van der Waals surface area contributed by atoms with E-state index in [-0.39, 0.29) is 0 Å². The molecule has 2 heterocycles. The molecular formula is C15H19N3O2. The van der Waals surface area contributed by atoms with Gasteiger partial charge in [-0.15, -0.1) is 5.10 Å². The number of aromatic nitrogens is 2. The summed E-state index contributed by atoms with van der Waals surface area (Å²) in [4.78, 5) is 1.96. The van der Waals surface area contributed by atoms with Crippen LogP contribution in [0.5, 0.6) is 0 Å². The van der Waals surface area contributed by atoms with Gasteiger partial charge in [-0.1, -0.05) is 36.3 Å². The van der Waals surface area contributed by atoms with Crippen molar-refractivity contribution in [1.82, 2.24) is 10.2 Å². The number of β-amino-alcohol motifs (C(OH)–C–C–N with tert-alkyl or cyclic N) is 1. The number of anilines is 1. The molecule has 1 N–H and O–H groups in total.